The Kier molecular flexibility index (Phi) is 3.74. The molecule has 0 bridgehead atoms. The van der Waals surface area contributed by atoms with Crippen molar-refractivity contribution in [2.45, 2.75) is 6.42 Å². The molecule has 1 aliphatic heterocycles. The third-order valence-corrected chi connectivity index (χ3v) is 3.45. The first kappa shape index (κ1) is 12.5. The third-order valence-electron chi connectivity index (χ3n) is 3.24. The molecule has 1 fully saturated rings. The van der Waals surface area contributed by atoms with Crippen LogP contribution in [0.15, 0.2) is 12.3 Å². The van der Waals surface area contributed by atoms with Gasteiger partial charge in [0, 0.05) is 26.3 Å². The van der Waals surface area contributed by atoms with Crippen LogP contribution in [0.1, 0.15) is 6.42 Å². The van der Waals surface area contributed by atoms with Crippen LogP contribution in [0, 0.1) is 5.92 Å². The summed E-state index contributed by atoms with van der Waals surface area (Å²) in [5, 5.41) is 0.584. The first-order valence-electron chi connectivity index (χ1n) is 5.87. The zero-order valence-corrected chi connectivity index (χ0v) is 11.1. The van der Waals surface area contributed by atoms with Crippen LogP contribution < -0.4 is 10.6 Å². The minimum absolute atomic E-state index is 0.584. The fourth-order valence-electron chi connectivity index (χ4n) is 2.42. The summed E-state index contributed by atoms with van der Waals surface area (Å²) in [6.45, 7) is 3.32. The molecular formula is C12H19ClN4. The molecule has 1 aromatic rings. The summed E-state index contributed by atoms with van der Waals surface area (Å²) in [6, 6.07) is 1.75. The monoisotopic (exact) mass is 254 g/mol. The SMILES string of the molecule is CN1CCC(CN(C)c2ncc(Cl)cc2N)C1. The number of likely N-dealkylation sites (tertiary alicyclic amines) is 1. The van der Waals surface area contributed by atoms with Crippen LogP contribution in [0.5, 0.6) is 0 Å². The molecule has 1 saturated heterocycles. The van der Waals surface area contributed by atoms with Crippen LogP contribution in [-0.4, -0.2) is 43.6 Å². The Balaban J connectivity index is 2.01. The number of nitrogen functional groups attached to an aromatic ring is 1. The van der Waals surface area contributed by atoms with Crippen molar-refractivity contribution in [2.75, 3.05) is 44.4 Å². The van der Waals surface area contributed by atoms with E-state index in [1.165, 1.54) is 13.0 Å². The van der Waals surface area contributed by atoms with Crippen molar-refractivity contribution in [1.29, 1.82) is 0 Å². The Morgan fingerprint density at radius 1 is 1.65 bits per heavy atom. The van der Waals surface area contributed by atoms with Gasteiger partial charge in [0.25, 0.3) is 0 Å². The maximum Gasteiger partial charge on any atom is 0.151 e. The van der Waals surface area contributed by atoms with E-state index in [2.05, 4.69) is 21.8 Å². The molecule has 0 radical (unpaired) electrons. The van der Waals surface area contributed by atoms with E-state index in [1.54, 1.807) is 12.3 Å². The molecule has 4 nitrogen and oxygen atoms in total. The van der Waals surface area contributed by atoms with E-state index in [4.69, 9.17) is 17.3 Å². The maximum absolute atomic E-state index is 5.92. The Labute approximate surface area is 107 Å². The lowest BCUT2D eigenvalue weighted by Crippen LogP contribution is -2.28. The molecule has 0 saturated carbocycles. The smallest absolute Gasteiger partial charge is 0.151 e. The van der Waals surface area contributed by atoms with Gasteiger partial charge in [0.1, 0.15) is 0 Å². The van der Waals surface area contributed by atoms with Crippen molar-refractivity contribution in [1.82, 2.24) is 9.88 Å². The van der Waals surface area contributed by atoms with Crippen LogP contribution >= 0.6 is 11.6 Å². The molecule has 1 atom stereocenters. The van der Waals surface area contributed by atoms with Crippen molar-refractivity contribution in [3.63, 3.8) is 0 Å². The van der Waals surface area contributed by atoms with Crippen LogP contribution in [0.2, 0.25) is 5.02 Å². The number of halogens is 1. The predicted octanol–water partition coefficient (Wildman–Crippen LogP) is 1.71. The van der Waals surface area contributed by atoms with E-state index in [0.29, 0.717) is 16.6 Å². The van der Waals surface area contributed by atoms with E-state index in [0.717, 1.165) is 18.9 Å². The maximum atomic E-state index is 5.92. The van der Waals surface area contributed by atoms with Crippen LogP contribution in [0.4, 0.5) is 11.5 Å². The molecule has 2 rings (SSSR count). The second-order valence-corrected chi connectivity index (χ2v) is 5.30. The summed E-state index contributed by atoms with van der Waals surface area (Å²) in [6.07, 6.45) is 2.89. The molecule has 0 aliphatic carbocycles. The van der Waals surface area contributed by atoms with E-state index >= 15 is 0 Å². The molecule has 5 heteroatoms. The summed E-state index contributed by atoms with van der Waals surface area (Å²) in [5.41, 5.74) is 6.57. The number of rotatable bonds is 3. The Bertz CT molecular complexity index is 396. The Morgan fingerprint density at radius 2 is 2.41 bits per heavy atom. The van der Waals surface area contributed by atoms with Gasteiger partial charge < -0.3 is 15.5 Å². The first-order chi connectivity index (χ1) is 8.06. The van der Waals surface area contributed by atoms with Crippen molar-refractivity contribution in [3.05, 3.63) is 17.3 Å². The molecule has 0 aromatic carbocycles. The second kappa shape index (κ2) is 5.10. The number of hydrogen-bond acceptors (Lipinski definition) is 4. The van der Waals surface area contributed by atoms with Gasteiger partial charge in [-0.1, -0.05) is 11.6 Å². The molecule has 17 heavy (non-hydrogen) atoms. The van der Waals surface area contributed by atoms with Crippen molar-refractivity contribution < 1.29 is 0 Å². The number of anilines is 2. The number of nitrogens with two attached hydrogens (primary N) is 1. The lowest BCUT2D eigenvalue weighted by Gasteiger charge is -2.23. The normalized spacial score (nSPS) is 20.8. The summed E-state index contributed by atoms with van der Waals surface area (Å²) in [5.74, 6) is 1.52. The highest BCUT2D eigenvalue weighted by molar-refractivity contribution is 6.30. The zero-order valence-electron chi connectivity index (χ0n) is 10.4. The number of pyridine rings is 1. The van der Waals surface area contributed by atoms with E-state index in [-0.39, 0.29) is 0 Å². The summed E-state index contributed by atoms with van der Waals surface area (Å²) in [7, 11) is 4.19. The van der Waals surface area contributed by atoms with Crippen molar-refractivity contribution >= 4 is 23.1 Å². The molecule has 94 valence electrons. The molecule has 0 spiro atoms. The molecule has 2 heterocycles. The van der Waals surface area contributed by atoms with Gasteiger partial charge >= 0.3 is 0 Å². The fourth-order valence-corrected chi connectivity index (χ4v) is 2.58. The minimum Gasteiger partial charge on any atom is -0.396 e. The van der Waals surface area contributed by atoms with Crippen LogP contribution in [0.3, 0.4) is 0 Å². The van der Waals surface area contributed by atoms with E-state index in [9.17, 15) is 0 Å². The fraction of sp³-hybridized carbons (Fsp3) is 0.583. The van der Waals surface area contributed by atoms with Gasteiger partial charge in [-0.05, 0) is 32.0 Å². The van der Waals surface area contributed by atoms with Crippen molar-refractivity contribution in [3.8, 4) is 0 Å². The molecule has 0 amide bonds. The number of hydrogen-bond donors (Lipinski definition) is 1. The molecule has 1 aliphatic rings. The standard InChI is InChI=1S/C12H19ClN4/c1-16-4-3-9(7-16)8-17(2)12-11(14)5-10(13)6-15-12/h5-6,9H,3-4,7-8,14H2,1-2H3. The highest BCUT2D eigenvalue weighted by Crippen LogP contribution is 2.24. The highest BCUT2D eigenvalue weighted by atomic mass is 35.5. The summed E-state index contributed by atoms with van der Waals surface area (Å²) < 4.78 is 0. The predicted molar refractivity (Wildman–Crippen MR) is 72.5 cm³/mol. The second-order valence-electron chi connectivity index (χ2n) is 4.86. The minimum atomic E-state index is 0.584. The largest absolute Gasteiger partial charge is 0.396 e. The van der Waals surface area contributed by atoms with Gasteiger partial charge in [-0.3, -0.25) is 0 Å². The quantitative estimate of drug-likeness (QED) is 0.892. The molecule has 1 unspecified atom stereocenters. The van der Waals surface area contributed by atoms with Gasteiger partial charge in [0.15, 0.2) is 5.82 Å². The highest BCUT2D eigenvalue weighted by Gasteiger charge is 2.21. The van der Waals surface area contributed by atoms with E-state index in [1.807, 2.05) is 7.05 Å². The molecular weight excluding hydrogens is 236 g/mol. The van der Waals surface area contributed by atoms with Crippen molar-refractivity contribution in [2.24, 2.45) is 5.92 Å². The third kappa shape index (κ3) is 3.01. The average molecular weight is 255 g/mol. The number of aromatic nitrogens is 1. The summed E-state index contributed by atoms with van der Waals surface area (Å²) >= 11 is 5.84. The average Bonchev–Trinajstić information content (AvgIpc) is 2.63. The van der Waals surface area contributed by atoms with Crippen LogP contribution in [0.25, 0.3) is 0 Å². The topological polar surface area (TPSA) is 45.4 Å². The van der Waals surface area contributed by atoms with Gasteiger partial charge in [-0.15, -0.1) is 0 Å². The lowest BCUT2D eigenvalue weighted by atomic mass is 10.1. The molecule has 1 aromatic heterocycles. The van der Waals surface area contributed by atoms with Gasteiger partial charge in [0.05, 0.1) is 10.7 Å². The lowest BCUT2D eigenvalue weighted by molar-refractivity contribution is 0.395. The number of nitrogens with zero attached hydrogens (tertiary/aromatic N) is 3. The zero-order chi connectivity index (χ0) is 12.4. The molecule has 2 N–H and O–H groups in total. The van der Waals surface area contributed by atoms with Gasteiger partial charge in [-0.25, -0.2) is 4.98 Å². The van der Waals surface area contributed by atoms with Gasteiger partial charge in [-0.2, -0.15) is 0 Å². The Morgan fingerprint density at radius 3 is 3.00 bits per heavy atom. The van der Waals surface area contributed by atoms with Crippen LogP contribution in [-0.2, 0) is 0 Å². The Hall–Kier alpha value is -1.00. The summed E-state index contributed by atoms with van der Waals surface area (Å²) in [4.78, 5) is 8.77. The van der Waals surface area contributed by atoms with Gasteiger partial charge in [0.2, 0.25) is 0 Å². The van der Waals surface area contributed by atoms with E-state index < -0.39 is 0 Å². The first-order valence-corrected chi connectivity index (χ1v) is 6.24.